The van der Waals surface area contributed by atoms with E-state index in [1.54, 1.807) is 0 Å². The Kier molecular flexibility index (Phi) is 5.42. The number of carbonyl (C=O) groups excluding carboxylic acids is 1. The van der Waals surface area contributed by atoms with Gasteiger partial charge in [0.2, 0.25) is 0 Å². The van der Waals surface area contributed by atoms with Crippen LogP contribution in [0.1, 0.15) is 57.7 Å². The van der Waals surface area contributed by atoms with Gasteiger partial charge < -0.3 is 14.7 Å². The number of ether oxygens (including phenoxy) is 1. The van der Waals surface area contributed by atoms with Crippen LogP contribution < -0.4 is 4.90 Å². The van der Waals surface area contributed by atoms with Crippen molar-refractivity contribution >= 4 is 45.9 Å². The molecular weight excluding hydrogens is 470 g/mol. The second kappa shape index (κ2) is 7.82. The van der Waals surface area contributed by atoms with Crippen LogP contribution in [0, 0.1) is 5.82 Å². The minimum atomic E-state index is -1.14. The molecule has 2 aromatic rings. The summed E-state index contributed by atoms with van der Waals surface area (Å²) in [6, 6.07) is -0.0698. The van der Waals surface area contributed by atoms with E-state index in [2.05, 4.69) is 9.88 Å². The Morgan fingerprint density at radius 1 is 1.30 bits per heavy atom. The van der Waals surface area contributed by atoms with Crippen molar-refractivity contribution in [1.82, 2.24) is 14.9 Å². The first kappa shape index (κ1) is 22.9. The van der Waals surface area contributed by atoms with Crippen molar-refractivity contribution in [2.75, 3.05) is 18.0 Å². The van der Waals surface area contributed by atoms with Crippen molar-refractivity contribution in [1.29, 1.82) is 0 Å². The predicted octanol–water partition coefficient (Wildman–Crippen LogP) is 4.73. The van der Waals surface area contributed by atoms with Gasteiger partial charge in [0.1, 0.15) is 11.4 Å². The Morgan fingerprint density at radius 3 is 2.48 bits per heavy atom. The van der Waals surface area contributed by atoms with Gasteiger partial charge in [-0.2, -0.15) is 0 Å². The smallest absolute Gasteiger partial charge is 0.410 e. The second-order valence-electron chi connectivity index (χ2n) is 10.3. The predicted molar refractivity (Wildman–Crippen MR) is 124 cm³/mol. The first-order chi connectivity index (χ1) is 15.5. The number of piperazine rings is 1. The van der Waals surface area contributed by atoms with E-state index in [0.717, 1.165) is 12.8 Å². The number of hydrogen-bond donors (Lipinski definition) is 1. The number of hydrogen-bond acceptors (Lipinski definition) is 6. The minimum absolute atomic E-state index is 0.0324. The van der Waals surface area contributed by atoms with Gasteiger partial charge >= 0.3 is 6.09 Å². The third-order valence-corrected chi connectivity index (χ3v) is 7.22. The molecule has 2 unspecified atom stereocenters. The molecule has 3 fully saturated rings. The quantitative estimate of drug-likeness (QED) is 0.488. The zero-order valence-corrected chi connectivity index (χ0v) is 20.4. The average molecular weight is 497 g/mol. The molecule has 178 valence electrons. The number of carbonyl (C=O) groups is 1. The van der Waals surface area contributed by atoms with Crippen LogP contribution in [0.5, 0.6) is 0 Å². The SMILES string of the molecule is CC(C)(C)OC(=O)N1C2CCC1CN(c1nc(CCl)c(C3(O)CC3)c3c(F)c(Cl)ncc13)C2. The summed E-state index contributed by atoms with van der Waals surface area (Å²) < 4.78 is 20.9. The molecule has 1 N–H and O–H groups in total. The third-order valence-electron chi connectivity index (χ3n) is 6.70. The average Bonchev–Trinajstić information content (AvgIpc) is 3.43. The maximum Gasteiger partial charge on any atom is 0.410 e. The van der Waals surface area contributed by atoms with Crippen LogP contribution in [0.2, 0.25) is 5.15 Å². The normalized spacial score (nSPS) is 23.8. The summed E-state index contributed by atoms with van der Waals surface area (Å²) in [4.78, 5) is 25.5. The molecular formula is C23H27Cl2FN4O3. The highest BCUT2D eigenvalue weighted by molar-refractivity contribution is 6.30. The van der Waals surface area contributed by atoms with Gasteiger partial charge in [-0.25, -0.2) is 19.2 Å². The fourth-order valence-corrected chi connectivity index (χ4v) is 5.50. The van der Waals surface area contributed by atoms with E-state index in [-0.39, 0.29) is 34.6 Å². The van der Waals surface area contributed by atoms with E-state index in [9.17, 15) is 9.90 Å². The molecule has 2 atom stereocenters. The van der Waals surface area contributed by atoms with Crippen LogP contribution in [0.4, 0.5) is 15.0 Å². The van der Waals surface area contributed by atoms with Crippen LogP contribution in [0.25, 0.3) is 10.8 Å². The van der Waals surface area contributed by atoms with Crippen LogP contribution in [0.15, 0.2) is 6.20 Å². The lowest BCUT2D eigenvalue weighted by molar-refractivity contribution is 0.0123. The van der Waals surface area contributed by atoms with E-state index in [1.807, 2.05) is 25.7 Å². The summed E-state index contributed by atoms with van der Waals surface area (Å²) in [6.07, 6.45) is 3.96. The number of rotatable bonds is 3. The summed E-state index contributed by atoms with van der Waals surface area (Å²) >= 11 is 12.3. The number of aromatic nitrogens is 2. The molecule has 4 heterocycles. The maximum absolute atomic E-state index is 15.3. The van der Waals surface area contributed by atoms with Crippen molar-refractivity contribution in [2.45, 2.75) is 75.6 Å². The molecule has 1 saturated carbocycles. The van der Waals surface area contributed by atoms with Gasteiger partial charge in [0, 0.05) is 35.6 Å². The summed E-state index contributed by atoms with van der Waals surface area (Å²) in [6.45, 7) is 6.64. The lowest BCUT2D eigenvalue weighted by Crippen LogP contribution is -2.57. The Bertz CT molecular complexity index is 1120. The maximum atomic E-state index is 15.3. The van der Waals surface area contributed by atoms with Crippen LogP contribution in [-0.4, -0.2) is 56.8 Å². The number of amides is 1. The molecule has 5 rings (SSSR count). The van der Waals surface area contributed by atoms with Gasteiger partial charge in [0.15, 0.2) is 11.0 Å². The van der Waals surface area contributed by atoms with Crippen molar-refractivity contribution in [3.8, 4) is 0 Å². The zero-order valence-electron chi connectivity index (χ0n) is 18.9. The molecule has 33 heavy (non-hydrogen) atoms. The lowest BCUT2D eigenvalue weighted by atomic mass is 9.98. The first-order valence-corrected chi connectivity index (χ1v) is 12.2. The Hall–Kier alpha value is -1.90. The van der Waals surface area contributed by atoms with Gasteiger partial charge in [0.05, 0.1) is 29.3 Å². The van der Waals surface area contributed by atoms with E-state index in [4.69, 9.17) is 32.9 Å². The van der Waals surface area contributed by atoms with Gasteiger partial charge in [-0.05, 0) is 46.5 Å². The first-order valence-electron chi connectivity index (χ1n) is 11.2. The van der Waals surface area contributed by atoms with Crippen molar-refractivity contribution in [2.24, 2.45) is 0 Å². The number of pyridine rings is 2. The Balaban J connectivity index is 1.56. The van der Waals surface area contributed by atoms with E-state index >= 15 is 4.39 Å². The third kappa shape index (κ3) is 3.90. The van der Waals surface area contributed by atoms with Crippen molar-refractivity contribution < 1.29 is 19.0 Å². The largest absolute Gasteiger partial charge is 0.444 e. The highest BCUT2D eigenvalue weighted by Gasteiger charge is 2.48. The second-order valence-corrected chi connectivity index (χ2v) is 10.9. The van der Waals surface area contributed by atoms with Gasteiger partial charge in [-0.15, -0.1) is 11.6 Å². The van der Waals surface area contributed by atoms with Crippen LogP contribution >= 0.6 is 23.2 Å². The zero-order chi connectivity index (χ0) is 23.7. The number of halogens is 3. The molecule has 0 spiro atoms. The van der Waals surface area contributed by atoms with Crippen LogP contribution in [0.3, 0.4) is 0 Å². The Labute approximate surface area is 201 Å². The number of anilines is 1. The monoisotopic (exact) mass is 496 g/mol. The number of aliphatic hydroxyl groups is 1. The molecule has 1 aliphatic carbocycles. The number of nitrogens with zero attached hydrogens (tertiary/aromatic N) is 4. The summed E-state index contributed by atoms with van der Waals surface area (Å²) in [7, 11) is 0. The molecule has 2 saturated heterocycles. The molecule has 2 bridgehead atoms. The Morgan fingerprint density at radius 2 is 1.94 bits per heavy atom. The minimum Gasteiger partial charge on any atom is -0.444 e. The van der Waals surface area contributed by atoms with Crippen molar-refractivity contribution in [3.63, 3.8) is 0 Å². The molecule has 7 nitrogen and oxygen atoms in total. The summed E-state index contributed by atoms with van der Waals surface area (Å²) in [5.41, 5.74) is -0.855. The standard InChI is InChI=1S/C23H27Cl2FN4O3/c1-22(2,3)33-21(31)30-12-4-5-13(30)11-29(10-12)20-14-9-27-19(25)18(26)16(14)17(15(8-24)28-20)23(32)6-7-23/h9,12-13,32H,4-8,10-11H2,1-3H3. The van der Waals surface area contributed by atoms with Gasteiger partial charge in [0.25, 0.3) is 0 Å². The highest BCUT2D eigenvalue weighted by atomic mass is 35.5. The fraction of sp³-hybridized carbons (Fsp3) is 0.609. The molecule has 0 radical (unpaired) electrons. The molecule has 0 aromatic carbocycles. The van der Waals surface area contributed by atoms with Crippen molar-refractivity contribution in [3.05, 3.63) is 28.4 Å². The van der Waals surface area contributed by atoms with E-state index < -0.39 is 17.0 Å². The lowest BCUT2D eigenvalue weighted by Gasteiger charge is -2.42. The van der Waals surface area contributed by atoms with E-state index in [1.165, 1.54) is 6.20 Å². The summed E-state index contributed by atoms with van der Waals surface area (Å²) in [5, 5.41) is 11.4. The molecule has 3 aliphatic rings. The van der Waals surface area contributed by atoms with E-state index in [0.29, 0.717) is 48.4 Å². The van der Waals surface area contributed by atoms with Gasteiger partial charge in [-0.1, -0.05) is 11.6 Å². The molecule has 10 heteroatoms. The highest BCUT2D eigenvalue weighted by Crippen LogP contribution is 2.51. The molecule has 2 aliphatic heterocycles. The molecule has 1 amide bonds. The summed E-state index contributed by atoms with van der Waals surface area (Å²) in [5.74, 6) is -0.0858. The van der Waals surface area contributed by atoms with Crippen LogP contribution in [-0.2, 0) is 16.2 Å². The van der Waals surface area contributed by atoms with Gasteiger partial charge in [-0.3, -0.25) is 4.90 Å². The fourth-order valence-electron chi connectivity index (χ4n) is 5.16. The number of alkyl halides is 1. The topological polar surface area (TPSA) is 78.8 Å². The molecule has 2 aromatic heterocycles. The number of fused-ring (bicyclic) bond motifs is 3.